The van der Waals surface area contributed by atoms with Crippen molar-refractivity contribution in [2.24, 2.45) is 0 Å². The van der Waals surface area contributed by atoms with Crippen LogP contribution in [0.4, 0.5) is 4.39 Å². The maximum Gasteiger partial charge on any atom is 0.196 e. The molecule has 0 spiro atoms. The summed E-state index contributed by atoms with van der Waals surface area (Å²) in [6.45, 7) is 0. The Labute approximate surface area is 165 Å². The van der Waals surface area contributed by atoms with Crippen molar-refractivity contribution < 1.29 is 4.39 Å². The molecule has 0 fully saturated rings. The molecule has 0 aliphatic rings. The maximum atomic E-state index is 14.1. The molecule has 7 heteroatoms. The summed E-state index contributed by atoms with van der Waals surface area (Å²) in [4.78, 5) is 4.17. The third-order valence-electron chi connectivity index (χ3n) is 3.97. The van der Waals surface area contributed by atoms with E-state index in [1.807, 2.05) is 47.0 Å². The third-order valence-corrected chi connectivity index (χ3v) is 5.28. The second-order valence-electron chi connectivity index (χ2n) is 5.71. The molecule has 0 radical (unpaired) electrons. The fourth-order valence-electron chi connectivity index (χ4n) is 2.66. The molecule has 4 aromatic rings. The Morgan fingerprint density at radius 3 is 2.56 bits per heavy atom. The number of para-hydroxylation sites is 1. The van der Waals surface area contributed by atoms with E-state index in [1.54, 1.807) is 24.5 Å². The molecule has 4 rings (SSSR count). The molecule has 2 aromatic carbocycles. The van der Waals surface area contributed by atoms with Crippen molar-refractivity contribution >= 4 is 23.4 Å². The summed E-state index contributed by atoms with van der Waals surface area (Å²) in [5.74, 6) is 0.702. The van der Waals surface area contributed by atoms with Gasteiger partial charge in [0, 0.05) is 40.0 Å². The molecular weight excluding hydrogens is 383 g/mol. The lowest BCUT2D eigenvalue weighted by Gasteiger charge is -2.10. The molecule has 0 aliphatic carbocycles. The minimum atomic E-state index is -0.326. The van der Waals surface area contributed by atoms with Crippen LogP contribution in [0.25, 0.3) is 17.1 Å². The summed E-state index contributed by atoms with van der Waals surface area (Å²) in [6.07, 6.45) is 3.45. The average Bonchev–Trinajstić information content (AvgIpc) is 3.13. The quantitative estimate of drug-likeness (QED) is 0.423. The number of thioether (sulfide) groups is 1. The van der Waals surface area contributed by atoms with E-state index >= 15 is 0 Å². The first kappa shape index (κ1) is 17.7. The molecule has 0 amide bonds. The minimum Gasteiger partial charge on any atom is -0.270 e. The maximum absolute atomic E-state index is 14.1. The van der Waals surface area contributed by atoms with Crippen molar-refractivity contribution in [3.05, 3.63) is 89.5 Å². The summed E-state index contributed by atoms with van der Waals surface area (Å²) < 4.78 is 16.0. The van der Waals surface area contributed by atoms with Crippen molar-refractivity contribution in [2.75, 3.05) is 0 Å². The van der Waals surface area contributed by atoms with Gasteiger partial charge in [0.2, 0.25) is 0 Å². The molecule has 2 heterocycles. The highest BCUT2D eigenvalue weighted by Crippen LogP contribution is 2.31. The van der Waals surface area contributed by atoms with Crippen LogP contribution in [0.1, 0.15) is 5.56 Å². The van der Waals surface area contributed by atoms with Gasteiger partial charge < -0.3 is 0 Å². The predicted octanol–water partition coefficient (Wildman–Crippen LogP) is 5.41. The van der Waals surface area contributed by atoms with Crippen LogP contribution >= 0.6 is 23.4 Å². The van der Waals surface area contributed by atoms with Gasteiger partial charge >= 0.3 is 0 Å². The number of hydrogen-bond donors (Lipinski definition) is 0. The van der Waals surface area contributed by atoms with Gasteiger partial charge in [-0.15, -0.1) is 10.2 Å². The zero-order valence-corrected chi connectivity index (χ0v) is 15.7. The SMILES string of the molecule is Fc1cccc(Cl)c1CSc1nnc(-c2cccnc2)n1-c1ccccc1. The van der Waals surface area contributed by atoms with Gasteiger partial charge in [-0.3, -0.25) is 9.55 Å². The topological polar surface area (TPSA) is 43.6 Å². The molecule has 0 saturated carbocycles. The zero-order valence-electron chi connectivity index (χ0n) is 14.1. The number of pyridine rings is 1. The average molecular weight is 397 g/mol. The molecule has 0 unspecified atom stereocenters. The van der Waals surface area contributed by atoms with Gasteiger partial charge in [0.25, 0.3) is 0 Å². The summed E-state index contributed by atoms with van der Waals surface area (Å²) >= 11 is 7.53. The van der Waals surface area contributed by atoms with Crippen molar-refractivity contribution in [2.45, 2.75) is 10.9 Å². The van der Waals surface area contributed by atoms with Crippen molar-refractivity contribution in [1.82, 2.24) is 19.7 Å². The highest BCUT2D eigenvalue weighted by atomic mass is 35.5. The first-order chi connectivity index (χ1) is 13.2. The van der Waals surface area contributed by atoms with E-state index in [-0.39, 0.29) is 5.82 Å². The standard InChI is InChI=1S/C20H14ClFN4S/c21-17-9-4-10-18(22)16(17)13-27-20-25-24-19(14-6-5-11-23-12-14)26(20)15-7-2-1-3-8-15/h1-12H,13H2. The molecular formula is C20H14ClFN4S. The molecule has 0 bridgehead atoms. The molecule has 2 aromatic heterocycles. The summed E-state index contributed by atoms with van der Waals surface area (Å²) in [5, 5.41) is 9.73. The number of aromatic nitrogens is 4. The van der Waals surface area contributed by atoms with E-state index in [9.17, 15) is 4.39 Å². The van der Waals surface area contributed by atoms with Crippen molar-refractivity contribution in [3.8, 4) is 17.1 Å². The normalized spacial score (nSPS) is 10.9. The molecule has 27 heavy (non-hydrogen) atoms. The third kappa shape index (κ3) is 3.72. The first-order valence-corrected chi connectivity index (χ1v) is 9.57. The molecule has 0 saturated heterocycles. The van der Waals surface area contributed by atoms with E-state index < -0.39 is 0 Å². The molecule has 0 atom stereocenters. The second-order valence-corrected chi connectivity index (χ2v) is 7.06. The van der Waals surface area contributed by atoms with Crippen LogP contribution in [-0.2, 0) is 5.75 Å². The highest BCUT2D eigenvalue weighted by Gasteiger charge is 2.17. The van der Waals surface area contributed by atoms with E-state index in [4.69, 9.17) is 11.6 Å². The molecule has 134 valence electrons. The van der Waals surface area contributed by atoms with Crippen LogP contribution in [0.3, 0.4) is 0 Å². The smallest absolute Gasteiger partial charge is 0.196 e. The summed E-state index contributed by atoms with van der Waals surface area (Å²) in [7, 11) is 0. The second kappa shape index (κ2) is 7.90. The Bertz CT molecular complexity index is 1030. The van der Waals surface area contributed by atoms with Crippen molar-refractivity contribution in [1.29, 1.82) is 0 Å². The van der Waals surface area contributed by atoms with E-state index in [0.717, 1.165) is 11.3 Å². The molecule has 4 nitrogen and oxygen atoms in total. The zero-order chi connectivity index (χ0) is 18.6. The van der Waals surface area contributed by atoms with Crippen LogP contribution in [0.5, 0.6) is 0 Å². The van der Waals surface area contributed by atoms with Crippen molar-refractivity contribution in [3.63, 3.8) is 0 Å². The largest absolute Gasteiger partial charge is 0.270 e. The minimum absolute atomic E-state index is 0.326. The first-order valence-electron chi connectivity index (χ1n) is 8.21. The number of halogens is 2. The lowest BCUT2D eigenvalue weighted by Crippen LogP contribution is -2.00. The Balaban J connectivity index is 1.74. The Morgan fingerprint density at radius 1 is 0.963 bits per heavy atom. The van der Waals surface area contributed by atoms with E-state index in [1.165, 1.54) is 17.8 Å². The lowest BCUT2D eigenvalue weighted by molar-refractivity contribution is 0.617. The summed E-state index contributed by atoms with van der Waals surface area (Å²) in [5.41, 5.74) is 2.22. The van der Waals surface area contributed by atoms with E-state index in [0.29, 0.717) is 27.3 Å². The van der Waals surface area contributed by atoms with Gasteiger partial charge in [-0.25, -0.2) is 4.39 Å². The van der Waals surface area contributed by atoms with Gasteiger partial charge in [-0.05, 0) is 36.4 Å². The molecule has 0 N–H and O–H groups in total. The number of benzene rings is 2. The predicted molar refractivity (Wildman–Crippen MR) is 106 cm³/mol. The monoisotopic (exact) mass is 396 g/mol. The Morgan fingerprint density at radius 2 is 1.81 bits per heavy atom. The number of hydrogen-bond acceptors (Lipinski definition) is 4. The van der Waals surface area contributed by atoms with E-state index in [2.05, 4.69) is 15.2 Å². The molecule has 0 aliphatic heterocycles. The van der Waals surface area contributed by atoms with Gasteiger partial charge in [-0.1, -0.05) is 47.6 Å². The van der Waals surface area contributed by atoms with Gasteiger partial charge in [0.1, 0.15) is 5.82 Å². The number of nitrogens with zero attached hydrogens (tertiary/aromatic N) is 4. The van der Waals surface area contributed by atoms with Gasteiger partial charge in [0.05, 0.1) is 0 Å². The van der Waals surface area contributed by atoms with Crippen LogP contribution < -0.4 is 0 Å². The van der Waals surface area contributed by atoms with Crippen LogP contribution in [0.15, 0.2) is 78.2 Å². The van der Waals surface area contributed by atoms with Crippen LogP contribution in [-0.4, -0.2) is 19.7 Å². The summed E-state index contributed by atoms with van der Waals surface area (Å²) in [6, 6.07) is 18.3. The Hall–Kier alpha value is -2.70. The van der Waals surface area contributed by atoms with Gasteiger partial charge in [0.15, 0.2) is 11.0 Å². The highest BCUT2D eigenvalue weighted by molar-refractivity contribution is 7.98. The van der Waals surface area contributed by atoms with Crippen LogP contribution in [0, 0.1) is 5.82 Å². The lowest BCUT2D eigenvalue weighted by atomic mass is 10.2. The van der Waals surface area contributed by atoms with Gasteiger partial charge in [-0.2, -0.15) is 0 Å². The number of rotatable bonds is 5. The Kier molecular flexibility index (Phi) is 5.18. The fraction of sp³-hybridized carbons (Fsp3) is 0.0500. The fourth-order valence-corrected chi connectivity index (χ4v) is 3.96. The van der Waals surface area contributed by atoms with Crippen LogP contribution in [0.2, 0.25) is 5.02 Å².